The van der Waals surface area contributed by atoms with E-state index in [0.29, 0.717) is 19.0 Å². The largest absolute Gasteiger partial charge is 0.303 e. The molecule has 0 aromatic heterocycles. The number of unbranched alkanes of at least 4 members (excludes halogenated alkanes) is 1. The number of hydrogen-bond acceptors (Lipinski definition) is 3. The molecule has 1 aliphatic rings. The molecule has 2 atom stereocenters. The fraction of sp³-hybridized carbons (Fsp3) is 0.846. The first kappa shape index (κ1) is 14.2. The van der Waals surface area contributed by atoms with E-state index in [4.69, 9.17) is 0 Å². The molecule has 2 amide bonds. The summed E-state index contributed by atoms with van der Waals surface area (Å²) >= 11 is 0. The molecule has 2 unspecified atom stereocenters. The van der Waals surface area contributed by atoms with E-state index in [2.05, 4.69) is 19.2 Å². The summed E-state index contributed by atoms with van der Waals surface area (Å²) in [5.74, 6) is -0.0720. The molecule has 98 valence electrons. The number of carbonyl (C=O) groups is 2. The summed E-state index contributed by atoms with van der Waals surface area (Å²) in [4.78, 5) is 25.0. The van der Waals surface area contributed by atoms with Crippen LogP contribution in [-0.4, -0.2) is 35.3 Å². The molecule has 0 saturated carbocycles. The van der Waals surface area contributed by atoms with Gasteiger partial charge in [0.2, 0.25) is 11.8 Å². The summed E-state index contributed by atoms with van der Waals surface area (Å²) in [5, 5.41) is 3.27. The second-order valence-corrected chi connectivity index (χ2v) is 4.85. The fourth-order valence-corrected chi connectivity index (χ4v) is 2.21. The molecule has 1 fully saturated rings. The van der Waals surface area contributed by atoms with E-state index in [9.17, 15) is 9.59 Å². The summed E-state index contributed by atoms with van der Waals surface area (Å²) in [6, 6.07) is 0.0131. The van der Waals surface area contributed by atoms with E-state index in [1.165, 1.54) is 4.90 Å². The Hall–Kier alpha value is -0.900. The number of imide groups is 1. The van der Waals surface area contributed by atoms with Crippen LogP contribution in [0.15, 0.2) is 0 Å². The number of nitrogens with one attached hydrogen (secondary N) is 1. The Labute approximate surface area is 104 Å². The van der Waals surface area contributed by atoms with E-state index in [1.54, 1.807) is 0 Å². The number of rotatable bonds is 7. The monoisotopic (exact) mass is 240 g/mol. The van der Waals surface area contributed by atoms with Crippen molar-refractivity contribution in [1.82, 2.24) is 10.2 Å². The highest BCUT2D eigenvalue weighted by atomic mass is 16.2. The highest BCUT2D eigenvalue weighted by Crippen LogP contribution is 2.15. The number of hydrogen-bond donors (Lipinski definition) is 1. The molecule has 0 bridgehead atoms. The minimum absolute atomic E-state index is 0.0305. The van der Waals surface area contributed by atoms with Crippen molar-refractivity contribution in [3.05, 3.63) is 0 Å². The quantitative estimate of drug-likeness (QED) is 0.689. The van der Waals surface area contributed by atoms with E-state index in [0.717, 1.165) is 25.7 Å². The zero-order chi connectivity index (χ0) is 12.8. The Morgan fingerprint density at radius 3 is 2.65 bits per heavy atom. The van der Waals surface area contributed by atoms with E-state index in [-0.39, 0.29) is 17.9 Å². The molecule has 1 heterocycles. The van der Waals surface area contributed by atoms with Crippen LogP contribution in [0, 0.1) is 0 Å². The number of nitrogens with zero attached hydrogens (tertiary/aromatic N) is 1. The predicted octanol–water partition coefficient (Wildman–Crippen LogP) is 1.69. The van der Waals surface area contributed by atoms with E-state index < -0.39 is 0 Å². The summed E-state index contributed by atoms with van der Waals surface area (Å²) in [6.45, 7) is 6.76. The van der Waals surface area contributed by atoms with Crippen LogP contribution in [0.4, 0.5) is 0 Å². The van der Waals surface area contributed by atoms with Gasteiger partial charge in [-0.15, -0.1) is 0 Å². The summed E-state index contributed by atoms with van der Waals surface area (Å²) < 4.78 is 0. The van der Waals surface area contributed by atoms with Crippen LogP contribution in [0.5, 0.6) is 0 Å². The van der Waals surface area contributed by atoms with Gasteiger partial charge in [-0.05, 0) is 19.8 Å². The van der Waals surface area contributed by atoms with Crippen LogP contribution in [0.25, 0.3) is 0 Å². The van der Waals surface area contributed by atoms with Gasteiger partial charge in [0, 0.05) is 12.6 Å². The lowest BCUT2D eigenvalue weighted by atomic mass is 10.1. The molecule has 1 rings (SSSR count). The van der Waals surface area contributed by atoms with Gasteiger partial charge in [0.15, 0.2) is 0 Å². The van der Waals surface area contributed by atoms with Crippen LogP contribution >= 0.6 is 0 Å². The third-order valence-corrected chi connectivity index (χ3v) is 3.17. The Kier molecular flexibility index (Phi) is 5.62. The van der Waals surface area contributed by atoms with E-state index in [1.807, 2.05) is 6.92 Å². The molecule has 4 nitrogen and oxygen atoms in total. The van der Waals surface area contributed by atoms with Gasteiger partial charge in [0.1, 0.15) is 0 Å². The van der Waals surface area contributed by atoms with Gasteiger partial charge in [-0.25, -0.2) is 0 Å². The molecule has 17 heavy (non-hydrogen) atoms. The van der Waals surface area contributed by atoms with Crippen molar-refractivity contribution < 1.29 is 9.59 Å². The summed E-state index contributed by atoms with van der Waals surface area (Å²) in [5.41, 5.74) is 0. The van der Waals surface area contributed by atoms with Crippen molar-refractivity contribution >= 4 is 11.8 Å². The summed E-state index contributed by atoms with van der Waals surface area (Å²) in [7, 11) is 0. The maximum atomic E-state index is 12.0. The first-order valence-corrected chi connectivity index (χ1v) is 6.70. The zero-order valence-electron chi connectivity index (χ0n) is 11.2. The average molecular weight is 240 g/mol. The van der Waals surface area contributed by atoms with Gasteiger partial charge in [-0.2, -0.15) is 0 Å². The normalized spacial score (nSPS) is 22.3. The van der Waals surface area contributed by atoms with Crippen molar-refractivity contribution in [2.24, 2.45) is 0 Å². The van der Waals surface area contributed by atoms with Gasteiger partial charge in [0.05, 0.1) is 12.5 Å². The van der Waals surface area contributed by atoms with Gasteiger partial charge in [-0.1, -0.05) is 26.7 Å². The Balaban J connectivity index is 2.45. The molecule has 0 aromatic carbocycles. The van der Waals surface area contributed by atoms with Crippen molar-refractivity contribution in [2.75, 3.05) is 6.54 Å². The molecule has 1 N–H and O–H groups in total. The number of amides is 2. The van der Waals surface area contributed by atoms with Crippen LogP contribution in [0.1, 0.15) is 52.9 Å². The first-order chi connectivity index (χ1) is 8.10. The molecule has 4 heteroatoms. The SMILES string of the molecule is CCCCC(C)NC1CC(=O)N(CCC)C1=O. The maximum Gasteiger partial charge on any atom is 0.246 e. The maximum absolute atomic E-state index is 12.0. The first-order valence-electron chi connectivity index (χ1n) is 6.70. The smallest absolute Gasteiger partial charge is 0.246 e. The van der Waals surface area contributed by atoms with Gasteiger partial charge in [-0.3, -0.25) is 14.5 Å². The number of carbonyl (C=O) groups excluding carboxylic acids is 2. The van der Waals surface area contributed by atoms with Crippen LogP contribution < -0.4 is 5.32 Å². The zero-order valence-corrected chi connectivity index (χ0v) is 11.2. The number of likely N-dealkylation sites (tertiary alicyclic amines) is 1. The highest BCUT2D eigenvalue weighted by Gasteiger charge is 2.38. The van der Waals surface area contributed by atoms with Crippen molar-refractivity contribution in [3.63, 3.8) is 0 Å². The van der Waals surface area contributed by atoms with Crippen LogP contribution in [0.2, 0.25) is 0 Å². The fourth-order valence-electron chi connectivity index (χ4n) is 2.21. The molecular weight excluding hydrogens is 216 g/mol. The average Bonchev–Trinajstić information content (AvgIpc) is 2.55. The Morgan fingerprint density at radius 2 is 2.06 bits per heavy atom. The van der Waals surface area contributed by atoms with Crippen molar-refractivity contribution in [1.29, 1.82) is 0 Å². The van der Waals surface area contributed by atoms with Gasteiger partial charge in [0.25, 0.3) is 0 Å². The minimum Gasteiger partial charge on any atom is -0.303 e. The highest BCUT2D eigenvalue weighted by molar-refractivity contribution is 6.05. The standard InChI is InChI=1S/C13H24N2O2/c1-4-6-7-10(3)14-11-9-12(16)15(8-5-2)13(11)17/h10-11,14H,4-9H2,1-3H3. The lowest BCUT2D eigenvalue weighted by molar-refractivity contribution is -0.138. The molecular formula is C13H24N2O2. The topological polar surface area (TPSA) is 49.4 Å². The lowest BCUT2D eigenvalue weighted by Gasteiger charge is -2.18. The third kappa shape index (κ3) is 3.80. The molecule has 1 aliphatic heterocycles. The molecule has 1 saturated heterocycles. The Morgan fingerprint density at radius 1 is 1.35 bits per heavy atom. The van der Waals surface area contributed by atoms with Gasteiger partial charge >= 0.3 is 0 Å². The molecule has 0 spiro atoms. The van der Waals surface area contributed by atoms with Crippen LogP contribution in [-0.2, 0) is 9.59 Å². The van der Waals surface area contributed by atoms with Crippen molar-refractivity contribution in [3.8, 4) is 0 Å². The Bertz CT molecular complexity index is 279. The van der Waals surface area contributed by atoms with Crippen LogP contribution in [0.3, 0.4) is 0 Å². The molecule has 0 aromatic rings. The van der Waals surface area contributed by atoms with Crippen molar-refractivity contribution in [2.45, 2.75) is 65.0 Å². The summed E-state index contributed by atoms with van der Waals surface area (Å²) in [6.07, 6.45) is 4.53. The molecule has 0 radical (unpaired) electrons. The third-order valence-electron chi connectivity index (χ3n) is 3.17. The molecule has 0 aliphatic carbocycles. The second kappa shape index (κ2) is 6.74. The van der Waals surface area contributed by atoms with Gasteiger partial charge < -0.3 is 5.32 Å². The van der Waals surface area contributed by atoms with E-state index >= 15 is 0 Å². The minimum atomic E-state index is -0.291. The lowest BCUT2D eigenvalue weighted by Crippen LogP contribution is -2.42. The predicted molar refractivity (Wildman–Crippen MR) is 67.5 cm³/mol. The second-order valence-electron chi connectivity index (χ2n) is 4.85.